The van der Waals surface area contributed by atoms with E-state index in [0.717, 1.165) is 0 Å². The molecule has 0 aliphatic heterocycles. The lowest BCUT2D eigenvalue weighted by Crippen LogP contribution is -1.99. The fourth-order valence-corrected chi connectivity index (χ4v) is 0.0945. The highest BCUT2D eigenvalue weighted by Crippen LogP contribution is 1.84. The molecule has 0 aromatic rings. The Morgan fingerprint density at radius 1 is 2.17 bits per heavy atom. The minimum atomic E-state index is -2.20. The van der Waals surface area contributed by atoms with Gasteiger partial charge in [0.15, 0.2) is 6.86 Å². The first kappa shape index (κ1) is 2.26. The quantitative estimate of drug-likeness (QED) is 0.503. The smallest absolute Gasteiger partial charge is 0.188 e. The Morgan fingerprint density at radius 2 is 2.83 bits per heavy atom. The van der Waals surface area contributed by atoms with Gasteiger partial charge >= 0.3 is 0 Å². The maximum Gasteiger partial charge on any atom is 0.188 e. The summed E-state index contributed by atoms with van der Waals surface area (Å²) in [7, 11) is 0. The zero-order chi connectivity index (χ0) is 7.49. The van der Waals surface area contributed by atoms with Crippen LogP contribution in [0.2, 0.25) is 0 Å². The number of alkyl halides is 1. The van der Waals surface area contributed by atoms with Crippen LogP contribution in [0.15, 0.2) is 0 Å². The standard InChI is InChI=1S/C4H9FO/c1-4(2)6-3-5/h4H,3H2,1-2H3/i1D3. The van der Waals surface area contributed by atoms with Crippen molar-refractivity contribution in [3.8, 4) is 0 Å². The van der Waals surface area contributed by atoms with Gasteiger partial charge in [-0.3, -0.25) is 0 Å². The zero-order valence-electron chi connectivity index (χ0n) is 6.57. The summed E-state index contributed by atoms with van der Waals surface area (Å²) in [6, 6.07) is 0. The molecule has 0 aromatic carbocycles. The van der Waals surface area contributed by atoms with E-state index < -0.39 is 19.8 Å². The first-order valence-electron chi connectivity index (χ1n) is 3.16. The van der Waals surface area contributed by atoms with Crippen molar-refractivity contribution in [1.82, 2.24) is 0 Å². The van der Waals surface area contributed by atoms with Gasteiger partial charge in [-0.05, 0) is 13.8 Å². The fourth-order valence-electron chi connectivity index (χ4n) is 0.0945. The molecule has 0 aliphatic rings. The van der Waals surface area contributed by atoms with Crippen molar-refractivity contribution in [1.29, 1.82) is 0 Å². The molecule has 0 amide bonds. The van der Waals surface area contributed by atoms with Crippen LogP contribution in [-0.2, 0) is 4.74 Å². The van der Waals surface area contributed by atoms with Crippen LogP contribution >= 0.6 is 0 Å². The summed E-state index contributed by atoms with van der Waals surface area (Å²) in [6.07, 6.45) is -1.01. The summed E-state index contributed by atoms with van der Waals surface area (Å²) in [5.41, 5.74) is 0. The van der Waals surface area contributed by atoms with Crippen LogP contribution in [0.4, 0.5) is 4.39 Å². The monoisotopic (exact) mass is 95.1 g/mol. The second-order valence-corrected chi connectivity index (χ2v) is 0.918. The Labute approximate surface area is 41.3 Å². The van der Waals surface area contributed by atoms with Gasteiger partial charge in [0, 0.05) is 4.11 Å². The van der Waals surface area contributed by atoms with E-state index in [4.69, 9.17) is 4.11 Å². The molecule has 0 radical (unpaired) electrons. The molecule has 0 saturated carbocycles. The molecule has 0 rings (SSSR count). The normalized spacial score (nSPS) is 24.0. The van der Waals surface area contributed by atoms with Crippen molar-refractivity contribution in [2.75, 3.05) is 6.86 Å². The average Bonchev–Trinajstić information content (AvgIpc) is 1.64. The summed E-state index contributed by atoms with van der Waals surface area (Å²) in [5, 5.41) is 0. The summed E-state index contributed by atoms with van der Waals surface area (Å²) >= 11 is 0. The Balaban J connectivity index is 3.59. The highest BCUT2D eigenvalue weighted by molar-refractivity contribution is 4.28. The Morgan fingerprint density at radius 3 is 3.00 bits per heavy atom. The van der Waals surface area contributed by atoms with Gasteiger partial charge in [0.25, 0.3) is 0 Å². The van der Waals surface area contributed by atoms with Crippen LogP contribution in [0.25, 0.3) is 0 Å². The van der Waals surface area contributed by atoms with Gasteiger partial charge < -0.3 is 4.74 Å². The molecule has 1 nitrogen and oxygen atoms in total. The number of hydrogen-bond donors (Lipinski definition) is 0. The SMILES string of the molecule is [2H]C([2H])([2H])C(C)OCF. The minimum Gasteiger partial charge on any atom is -0.348 e. The van der Waals surface area contributed by atoms with Crippen LogP contribution in [0.3, 0.4) is 0 Å². The van der Waals surface area contributed by atoms with Gasteiger partial charge in [-0.2, -0.15) is 0 Å². The third kappa shape index (κ3) is 3.89. The summed E-state index contributed by atoms with van der Waals surface area (Å²) in [4.78, 5) is 0. The minimum absolute atomic E-state index is 1.01. The van der Waals surface area contributed by atoms with Crippen molar-refractivity contribution in [3.63, 3.8) is 0 Å². The Hall–Kier alpha value is -0.110. The molecule has 1 unspecified atom stereocenters. The van der Waals surface area contributed by atoms with Crippen LogP contribution in [0, 0.1) is 0 Å². The van der Waals surface area contributed by atoms with E-state index in [1.165, 1.54) is 6.92 Å². The molecule has 38 valence electrons. The van der Waals surface area contributed by atoms with E-state index in [0.29, 0.717) is 0 Å². The molecule has 0 aliphatic carbocycles. The first-order valence-corrected chi connectivity index (χ1v) is 1.66. The lowest BCUT2D eigenvalue weighted by atomic mass is 10.5. The van der Waals surface area contributed by atoms with Gasteiger partial charge in [0.1, 0.15) is 0 Å². The number of hydrogen-bond acceptors (Lipinski definition) is 1. The van der Waals surface area contributed by atoms with E-state index in [1.54, 1.807) is 0 Å². The van der Waals surface area contributed by atoms with Crippen molar-refractivity contribution < 1.29 is 13.2 Å². The van der Waals surface area contributed by atoms with Crippen LogP contribution in [-0.4, -0.2) is 13.0 Å². The molecule has 0 aromatic heterocycles. The number of ether oxygens (including phenoxy) is 1. The van der Waals surface area contributed by atoms with Crippen molar-refractivity contribution in [2.45, 2.75) is 19.9 Å². The highest BCUT2D eigenvalue weighted by Gasteiger charge is 1.85. The molecule has 6 heavy (non-hydrogen) atoms. The van der Waals surface area contributed by atoms with E-state index in [9.17, 15) is 4.39 Å². The molecule has 0 saturated heterocycles. The van der Waals surface area contributed by atoms with E-state index in [-0.39, 0.29) is 0 Å². The Kier molecular flexibility index (Phi) is 1.17. The van der Waals surface area contributed by atoms with Gasteiger partial charge in [-0.15, -0.1) is 0 Å². The topological polar surface area (TPSA) is 9.23 Å². The lowest BCUT2D eigenvalue weighted by molar-refractivity contribution is 0.0152. The maximum atomic E-state index is 11.3. The highest BCUT2D eigenvalue weighted by atomic mass is 19.1. The molecule has 2 heteroatoms. The first-order chi connectivity index (χ1) is 3.98. The second kappa shape index (κ2) is 3.09. The van der Waals surface area contributed by atoms with Gasteiger partial charge in [0.2, 0.25) is 0 Å². The number of rotatable bonds is 2. The second-order valence-electron chi connectivity index (χ2n) is 0.918. The third-order valence-electron chi connectivity index (χ3n) is 0.313. The maximum absolute atomic E-state index is 11.3. The van der Waals surface area contributed by atoms with Gasteiger partial charge in [-0.1, -0.05) is 0 Å². The van der Waals surface area contributed by atoms with Gasteiger partial charge in [-0.25, -0.2) is 4.39 Å². The molecule has 0 bridgehead atoms. The van der Waals surface area contributed by atoms with Crippen molar-refractivity contribution in [3.05, 3.63) is 0 Å². The third-order valence-corrected chi connectivity index (χ3v) is 0.313. The molecule has 0 heterocycles. The molecule has 0 N–H and O–H groups in total. The van der Waals surface area contributed by atoms with E-state index >= 15 is 0 Å². The molecule has 0 fully saturated rings. The van der Waals surface area contributed by atoms with E-state index in [1.807, 2.05) is 0 Å². The molecular weight excluding hydrogens is 83.0 g/mol. The van der Waals surface area contributed by atoms with Crippen molar-refractivity contribution >= 4 is 0 Å². The average molecular weight is 95.1 g/mol. The molecule has 1 atom stereocenters. The zero-order valence-corrected chi connectivity index (χ0v) is 3.57. The van der Waals surface area contributed by atoms with Crippen molar-refractivity contribution in [2.24, 2.45) is 0 Å². The predicted molar refractivity (Wildman–Crippen MR) is 22.2 cm³/mol. The van der Waals surface area contributed by atoms with Crippen LogP contribution in [0.5, 0.6) is 0 Å². The lowest BCUT2D eigenvalue weighted by Gasteiger charge is -1.98. The summed E-state index contributed by atoms with van der Waals surface area (Å²) in [5.74, 6) is 0. The largest absolute Gasteiger partial charge is 0.348 e. The van der Waals surface area contributed by atoms with Crippen LogP contribution in [0.1, 0.15) is 17.9 Å². The van der Waals surface area contributed by atoms with E-state index in [2.05, 4.69) is 4.74 Å². The summed E-state index contributed by atoms with van der Waals surface area (Å²) in [6.45, 7) is -1.93. The van der Waals surface area contributed by atoms with Crippen LogP contribution < -0.4 is 0 Å². The number of halogens is 1. The Bertz CT molecular complexity index is 82.4. The predicted octanol–water partition coefficient (Wildman–Crippen LogP) is 1.34. The fraction of sp³-hybridized carbons (Fsp3) is 1.00. The molecular formula is C4H9FO. The molecule has 0 spiro atoms. The van der Waals surface area contributed by atoms with Gasteiger partial charge in [0.05, 0.1) is 6.10 Å². The summed E-state index contributed by atoms with van der Waals surface area (Å²) < 4.78 is 35.5.